The minimum atomic E-state index is -0.416. The van der Waals surface area contributed by atoms with Crippen molar-refractivity contribution < 1.29 is 9.47 Å². The molecule has 25 heavy (non-hydrogen) atoms. The standard InChI is InChI=1S/C16H17Cl2IN3O2P/c1-8(20)10-4-15(14(23-3)5-13(10)22-25-19)24-9(2)16-11(17)6-21-7-12(16)18/h4-7,9,20,22,25H,1-3H3/t9-/m1/s1. The maximum Gasteiger partial charge on any atom is 0.162 e. The van der Waals surface area contributed by atoms with E-state index in [1.165, 1.54) is 12.4 Å². The van der Waals surface area contributed by atoms with Crippen molar-refractivity contribution in [1.82, 2.24) is 4.98 Å². The fraction of sp³-hybridized carbons (Fsp3) is 0.250. The molecule has 9 heteroatoms. The average Bonchev–Trinajstić information content (AvgIpc) is 2.55. The van der Waals surface area contributed by atoms with Crippen molar-refractivity contribution in [1.29, 1.82) is 5.41 Å². The molecule has 0 saturated heterocycles. The molecule has 0 spiro atoms. The molecule has 0 amide bonds. The number of benzene rings is 1. The molecule has 2 aromatic rings. The molecule has 2 N–H and O–H groups in total. The summed E-state index contributed by atoms with van der Waals surface area (Å²) in [5.41, 5.74) is 2.66. The lowest BCUT2D eigenvalue weighted by Crippen LogP contribution is -2.08. The Labute approximate surface area is 171 Å². The monoisotopic (exact) mass is 511 g/mol. The average molecular weight is 512 g/mol. The van der Waals surface area contributed by atoms with Crippen molar-refractivity contribution in [3.05, 3.63) is 45.7 Å². The van der Waals surface area contributed by atoms with Crippen molar-refractivity contribution in [3.63, 3.8) is 0 Å². The highest BCUT2D eigenvalue weighted by atomic mass is 127. The van der Waals surface area contributed by atoms with Gasteiger partial charge in [0.1, 0.15) is 6.10 Å². The third-order valence-electron chi connectivity index (χ3n) is 3.49. The molecule has 0 fully saturated rings. The molecule has 0 saturated carbocycles. The van der Waals surface area contributed by atoms with Gasteiger partial charge in [0.25, 0.3) is 0 Å². The van der Waals surface area contributed by atoms with E-state index in [4.69, 9.17) is 38.1 Å². The molecule has 2 atom stereocenters. The van der Waals surface area contributed by atoms with Gasteiger partial charge in [-0.1, -0.05) is 23.2 Å². The van der Waals surface area contributed by atoms with Crippen LogP contribution >= 0.6 is 51.6 Å². The lowest BCUT2D eigenvalue weighted by molar-refractivity contribution is 0.216. The molecule has 1 heterocycles. The van der Waals surface area contributed by atoms with Gasteiger partial charge in [-0.25, -0.2) is 0 Å². The summed E-state index contributed by atoms with van der Waals surface area (Å²) in [6.07, 6.45) is 3.12. The molecule has 5 nitrogen and oxygen atoms in total. The van der Waals surface area contributed by atoms with Gasteiger partial charge in [0, 0.05) is 41.7 Å². The molecule has 0 aliphatic heterocycles. The molecule has 1 aromatic carbocycles. The van der Waals surface area contributed by atoms with E-state index in [0.717, 1.165) is 11.3 Å². The number of aromatic nitrogens is 1. The van der Waals surface area contributed by atoms with Gasteiger partial charge in [0.15, 0.2) is 11.5 Å². The highest BCUT2D eigenvalue weighted by molar-refractivity contribution is 14.2. The van der Waals surface area contributed by atoms with E-state index in [-0.39, 0.29) is 0 Å². The van der Waals surface area contributed by atoms with Crippen molar-refractivity contribution in [2.45, 2.75) is 20.0 Å². The van der Waals surface area contributed by atoms with Crippen LogP contribution in [0.4, 0.5) is 5.69 Å². The quantitative estimate of drug-likeness (QED) is 0.261. The van der Waals surface area contributed by atoms with E-state index in [0.29, 0.717) is 39.2 Å². The number of rotatable bonds is 7. The molecule has 2 rings (SSSR count). The number of methoxy groups -OCH3 is 1. The summed E-state index contributed by atoms with van der Waals surface area (Å²) in [5.74, 6) is 1.08. The third-order valence-corrected chi connectivity index (χ3v) is 5.27. The van der Waals surface area contributed by atoms with Gasteiger partial charge in [0.2, 0.25) is 0 Å². The van der Waals surface area contributed by atoms with Crippen LogP contribution < -0.4 is 14.6 Å². The van der Waals surface area contributed by atoms with Crippen molar-refractivity contribution in [3.8, 4) is 11.5 Å². The van der Waals surface area contributed by atoms with E-state index >= 15 is 0 Å². The Kier molecular flexibility index (Phi) is 7.55. The number of ether oxygens (including phenoxy) is 2. The highest BCUT2D eigenvalue weighted by Crippen LogP contribution is 2.40. The Morgan fingerprint density at radius 1 is 1.28 bits per heavy atom. The molecule has 134 valence electrons. The van der Waals surface area contributed by atoms with Crippen LogP contribution in [0.3, 0.4) is 0 Å². The van der Waals surface area contributed by atoms with Gasteiger partial charge >= 0.3 is 0 Å². The summed E-state index contributed by atoms with van der Waals surface area (Å²) in [6.45, 7) is 3.58. The van der Waals surface area contributed by atoms with Gasteiger partial charge in [0.05, 0.1) is 22.8 Å². The summed E-state index contributed by atoms with van der Waals surface area (Å²) in [6, 6.07) is 3.62. The zero-order valence-electron chi connectivity index (χ0n) is 13.8. The predicted octanol–water partition coefficient (Wildman–Crippen LogP) is 6.28. The summed E-state index contributed by atoms with van der Waals surface area (Å²) >= 11 is 14.7. The lowest BCUT2D eigenvalue weighted by Gasteiger charge is -2.21. The number of anilines is 1. The van der Waals surface area contributed by atoms with Crippen molar-refractivity contribution >= 4 is 63.0 Å². The van der Waals surface area contributed by atoms with E-state index < -0.39 is 6.10 Å². The molecular formula is C16H17Cl2IN3O2P. The molecule has 0 bridgehead atoms. The second-order valence-electron chi connectivity index (χ2n) is 5.17. The first-order valence-electron chi connectivity index (χ1n) is 7.23. The molecule has 0 aliphatic rings. The number of hydrogen-bond donors (Lipinski definition) is 2. The van der Waals surface area contributed by atoms with Crippen molar-refractivity contribution in [2.24, 2.45) is 0 Å². The van der Waals surface area contributed by atoms with Crippen LogP contribution in [-0.2, 0) is 0 Å². The van der Waals surface area contributed by atoms with Crippen LogP contribution in [-0.4, -0.2) is 17.8 Å². The van der Waals surface area contributed by atoms with E-state index in [1.807, 2.05) is 13.0 Å². The fourth-order valence-electron chi connectivity index (χ4n) is 2.34. The minimum absolute atomic E-state index is 0.416. The zero-order chi connectivity index (χ0) is 18.6. The normalized spacial score (nSPS) is 12.2. The van der Waals surface area contributed by atoms with Gasteiger partial charge < -0.3 is 20.0 Å². The van der Waals surface area contributed by atoms with Crippen LogP contribution in [0.5, 0.6) is 11.5 Å². The number of pyridine rings is 1. The second kappa shape index (κ2) is 9.21. The van der Waals surface area contributed by atoms with Crippen LogP contribution in [0, 0.1) is 5.41 Å². The first-order valence-corrected chi connectivity index (χ1v) is 12.1. The van der Waals surface area contributed by atoms with E-state index in [2.05, 4.69) is 32.1 Å². The van der Waals surface area contributed by atoms with Crippen LogP contribution in [0.1, 0.15) is 31.1 Å². The second-order valence-corrected chi connectivity index (χ2v) is 8.04. The fourth-order valence-corrected chi connectivity index (χ4v) is 4.19. The topological polar surface area (TPSA) is 67.2 Å². The Morgan fingerprint density at radius 2 is 1.92 bits per heavy atom. The number of nitrogens with zero attached hydrogens (tertiary/aromatic N) is 1. The maximum atomic E-state index is 8.01. The Hall–Kier alpha value is -0.820. The van der Waals surface area contributed by atoms with E-state index in [1.54, 1.807) is 20.1 Å². The summed E-state index contributed by atoms with van der Waals surface area (Å²) in [4.78, 5) is 3.96. The summed E-state index contributed by atoms with van der Waals surface area (Å²) in [5, 5.41) is 12.1. The Morgan fingerprint density at radius 3 is 2.44 bits per heavy atom. The van der Waals surface area contributed by atoms with Gasteiger partial charge in [-0.15, -0.1) is 0 Å². The summed E-state index contributed by atoms with van der Waals surface area (Å²) in [7, 11) is 1.58. The smallest absolute Gasteiger partial charge is 0.162 e. The third kappa shape index (κ3) is 4.88. The Balaban J connectivity index is 2.44. The number of hydrogen-bond acceptors (Lipinski definition) is 5. The maximum absolute atomic E-state index is 8.01. The Bertz CT molecular complexity index is 772. The van der Waals surface area contributed by atoms with E-state index in [9.17, 15) is 0 Å². The predicted molar refractivity (Wildman–Crippen MR) is 115 cm³/mol. The van der Waals surface area contributed by atoms with Crippen LogP contribution in [0.2, 0.25) is 10.0 Å². The van der Waals surface area contributed by atoms with Gasteiger partial charge in [-0.3, -0.25) is 4.98 Å². The zero-order valence-corrected chi connectivity index (χ0v) is 18.5. The molecule has 1 aromatic heterocycles. The van der Waals surface area contributed by atoms with Crippen molar-refractivity contribution in [2.75, 3.05) is 12.2 Å². The highest BCUT2D eigenvalue weighted by Gasteiger charge is 2.19. The van der Waals surface area contributed by atoms with Gasteiger partial charge in [-0.05, 0) is 42.0 Å². The minimum Gasteiger partial charge on any atom is -0.493 e. The number of nitrogens with one attached hydrogen (secondary N) is 2. The van der Waals surface area contributed by atoms with Crippen LogP contribution in [0.15, 0.2) is 24.5 Å². The van der Waals surface area contributed by atoms with Crippen LogP contribution in [0.25, 0.3) is 0 Å². The first-order chi connectivity index (χ1) is 11.9. The first kappa shape index (κ1) is 20.5. The SMILES string of the molecule is COc1cc(NPI)c(C(C)=N)cc1O[C@H](C)c1c(Cl)cncc1Cl. The number of halogens is 3. The molecule has 0 aliphatic carbocycles. The summed E-state index contributed by atoms with van der Waals surface area (Å²) < 4.78 is 11.5. The largest absolute Gasteiger partial charge is 0.493 e. The molecular weight excluding hydrogens is 495 g/mol. The van der Waals surface area contributed by atoms with Gasteiger partial charge in [-0.2, -0.15) is 0 Å². The molecule has 1 unspecified atom stereocenters. The molecule has 0 radical (unpaired) electrons. The lowest BCUT2D eigenvalue weighted by atomic mass is 10.1.